The standard InChI is InChI=1S/C23H23N3O2S/c27-22-17-8-5-6-16(12-17)14-28-21-10-2-1-7-18(21)13-26-11-4-3-9-20(26)19-15-29-23(24-19)25-22/h1-2,5-8,10,12,15,20H,3-4,9,11,13-14H2,(H,24,25,27)/t20-/m1/s1. The van der Waals surface area contributed by atoms with Crippen molar-refractivity contribution in [2.75, 3.05) is 11.9 Å². The van der Waals surface area contributed by atoms with E-state index < -0.39 is 0 Å². The van der Waals surface area contributed by atoms with Gasteiger partial charge in [-0.15, -0.1) is 11.3 Å². The van der Waals surface area contributed by atoms with Gasteiger partial charge in [0.1, 0.15) is 12.4 Å². The molecule has 1 amide bonds. The van der Waals surface area contributed by atoms with Crippen molar-refractivity contribution in [3.05, 3.63) is 76.3 Å². The van der Waals surface area contributed by atoms with Crippen molar-refractivity contribution in [3.63, 3.8) is 0 Å². The van der Waals surface area contributed by atoms with E-state index in [4.69, 9.17) is 9.72 Å². The summed E-state index contributed by atoms with van der Waals surface area (Å²) in [5.74, 6) is 0.768. The van der Waals surface area contributed by atoms with Gasteiger partial charge in [0.05, 0.1) is 11.7 Å². The zero-order chi connectivity index (χ0) is 19.6. The van der Waals surface area contributed by atoms with Crippen molar-refractivity contribution < 1.29 is 9.53 Å². The van der Waals surface area contributed by atoms with Crippen LogP contribution in [0.3, 0.4) is 0 Å². The summed E-state index contributed by atoms with van der Waals surface area (Å²) in [6.07, 6.45) is 3.48. The number of carbonyl (C=O) groups excluding carboxylic acids is 1. The molecule has 148 valence electrons. The van der Waals surface area contributed by atoms with Crippen molar-refractivity contribution in [2.45, 2.75) is 38.5 Å². The van der Waals surface area contributed by atoms with Gasteiger partial charge in [0, 0.05) is 23.1 Å². The fourth-order valence-corrected chi connectivity index (χ4v) is 4.89. The van der Waals surface area contributed by atoms with E-state index in [1.54, 1.807) is 0 Å². The van der Waals surface area contributed by atoms with Crippen LogP contribution >= 0.6 is 11.3 Å². The number of thiazole rings is 1. The number of hydrogen-bond acceptors (Lipinski definition) is 5. The second kappa shape index (κ2) is 7.97. The van der Waals surface area contributed by atoms with E-state index in [2.05, 4.69) is 27.7 Å². The summed E-state index contributed by atoms with van der Waals surface area (Å²) in [4.78, 5) is 20.0. The number of benzene rings is 2. The number of hydrogen-bond donors (Lipinski definition) is 1. The predicted octanol–water partition coefficient (Wildman–Crippen LogP) is 5.02. The first kappa shape index (κ1) is 18.3. The number of piperidine rings is 1. The minimum Gasteiger partial charge on any atom is -0.489 e. The maximum atomic E-state index is 12.7. The van der Waals surface area contributed by atoms with Gasteiger partial charge in [-0.2, -0.15) is 0 Å². The third-order valence-electron chi connectivity index (χ3n) is 5.63. The average Bonchev–Trinajstić information content (AvgIpc) is 3.21. The summed E-state index contributed by atoms with van der Waals surface area (Å²) < 4.78 is 6.17. The number of nitrogens with zero attached hydrogens (tertiary/aromatic N) is 2. The summed E-state index contributed by atoms with van der Waals surface area (Å²) in [5, 5.41) is 5.71. The van der Waals surface area contributed by atoms with E-state index in [1.807, 2.05) is 36.4 Å². The molecule has 3 heterocycles. The molecule has 5 nitrogen and oxygen atoms in total. The molecule has 2 aromatic carbocycles. The van der Waals surface area contributed by atoms with Gasteiger partial charge in [-0.05, 0) is 43.1 Å². The molecule has 29 heavy (non-hydrogen) atoms. The van der Waals surface area contributed by atoms with Crippen molar-refractivity contribution in [2.24, 2.45) is 0 Å². The lowest BCUT2D eigenvalue weighted by atomic mass is 9.99. The van der Waals surface area contributed by atoms with Gasteiger partial charge in [0.25, 0.3) is 5.91 Å². The second-order valence-electron chi connectivity index (χ2n) is 7.61. The molecule has 1 atom stereocenters. The molecule has 0 saturated carbocycles. The fraction of sp³-hybridized carbons (Fsp3) is 0.304. The summed E-state index contributed by atoms with van der Waals surface area (Å²) in [6.45, 7) is 2.31. The number of fused-ring (bicyclic) bond motifs is 7. The summed E-state index contributed by atoms with van der Waals surface area (Å²) in [6, 6.07) is 16.1. The van der Waals surface area contributed by atoms with Crippen LogP contribution in [0.4, 0.5) is 5.13 Å². The Morgan fingerprint density at radius 2 is 2.07 bits per heavy atom. The van der Waals surface area contributed by atoms with Crippen LogP contribution in [0.2, 0.25) is 0 Å². The number of carbonyl (C=O) groups is 1. The summed E-state index contributed by atoms with van der Waals surface area (Å²) >= 11 is 1.50. The number of ether oxygens (including phenoxy) is 1. The highest BCUT2D eigenvalue weighted by molar-refractivity contribution is 7.14. The zero-order valence-corrected chi connectivity index (χ0v) is 17.0. The Morgan fingerprint density at radius 3 is 3.03 bits per heavy atom. The lowest BCUT2D eigenvalue weighted by Gasteiger charge is -2.35. The normalized spacial score (nSPS) is 19.7. The van der Waals surface area contributed by atoms with Crippen LogP contribution in [0, 0.1) is 0 Å². The van der Waals surface area contributed by atoms with Crippen molar-refractivity contribution >= 4 is 22.4 Å². The number of rotatable bonds is 0. The lowest BCUT2D eigenvalue weighted by molar-refractivity contribution is 0.102. The number of para-hydroxylation sites is 1. The van der Waals surface area contributed by atoms with Gasteiger partial charge in [-0.3, -0.25) is 15.0 Å². The Hall–Kier alpha value is -2.70. The Bertz CT molecular complexity index is 1030. The van der Waals surface area contributed by atoms with E-state index >= 15 is 0 Å². The maximum absolute atomic E-state index is 12.7. The SMILES string of the molecule is O=C1Nc2nc(cs2)[C@H]2CCCCN2Cc2ccccc2OCc2cccc1c2. The molecule has 5 rings (SSSR count). The minimum absolute atomic E-state index is 0.136. The molecule has 6 heteroatoms. The molecule has 1 aromatic heterocycles. The topological polar surface area (TPSA) is 54.5 Å². The first-order valence-electron chi connectivity index (χ1n) is 10.1. The van der Waals surface area contributed by atoms with E-state index in [0.717, 1.165) is 36.5 Å². The van der Waals surface area contributed by atoms with Crippen LogP contribution in [0.15, 0.2) is 53.9 Å². The van der Waals surface area contributed by atoms with Crippen LogP contribution < -0.4 is 10.1 Å². The predicted molar refractivity (Wildman–Crippen MR) is 114 cm³/mol. The van der Waals surface area contributed by atoms with E-state index in [0.29, 0.717) is 17.3 Å². The molecule has 1 saturated heterocycles. The van der Waals surface area contributed by atoms with E-state index in [1.165, 1.54) is 29.7 Å². The fourth-order valence-electron chi connectivity index (χ4n) is 4.14. The molecule has 4 bridgehead atoms. The third kappa shape index (κ3) is 3.91. The maximum Gasteiger partial charge on any atom is 0.257 e. The molecule has 1 N–H and O–H groups in total. The monoisotopic (exact) mass is 405 g/mol. The Balaban J connectivity index is 1.56. The first-order chi connectivity index (χ1) is 14.3. The number of nitrogens with one attached hydrogen (secondary N) is 1. The summed E-state index contributed by atoms with van der Waals surface area (Å²) in [5.41, 5.74) is 3.82. The molecular formula is C23H23N3O2S. The Kier molecular flexibility index (Phi) is 5.04. The Labute approximate surface area is 174 Å². The van der Waals surface area contributed by atoms with Crippen LogP contribution in [0.25, 0.3) is 0 Å². The second-order valence-corrected chi connectivity index (χ2v) is 8.47. The lowest BCUT2D eigenvalue weighted by Crippen LogP contribution is -2.33. The highest BCUT2D eigenvalue weighted by Crippen LogP contribution is 2.35. The van der Waals surface area contributed by atoms with Gasteiger partial charge < -0.3 is 4.74 Å². The third-order valence-corrected chi connectivity index (χ3v) is 6.40. The molecule has 2 aliphatic rings. The van der Waals surface area contributed by atoms with Crippen molar-refractivity contribution in [1.82, 2.24) is 9.88 Å². The first-order valence-corrected chi connectivity index (χ1v) is 10.9. The molecule has 3 aromatic rings. The molecule has 0 radical (unpaired) electrons. The highest BCUT2D eigenvalue weighted by Gasteiger charge is 2.27. The minimum atomic E-state index is -0.136. The van der Waals surface area contributed by atoms with Crippen LogP contribution in [-0.2, 0) is 13.2 Å². The molecular weight excluding hydrogens is 382 g/mol. The van der Waals surface area contributed by atoms with Crippen molar-refractivity contribution in [1.29, 1.82) is 0 Å². The largest absolute Gasteiger partial charge is 0.489 e. The molecule has 0 unspecified atom stereocenters. The number of anilines is 1. The quantitative estimate of drug-likeness (QED) is 0.571. The van der Waals surface area contributed by atoms with Gasteiger partial charge in [-0.1, -0.05) is 36.8 Å². The summed E-state index contributed by atoms with van der Waals surface area (Å²) in [7, 11) is 0. The van der Waals surface area contributed by atoms with E-state index in [-0.39, 0.29) is 11.9 Å². The van der Waals surface area contributed by atoms with Crippen LogP contribution in [0.1, 0.15) is 52.5 Å². The van der Waals surface area contributed by atoms with Gasteiger partial charge in [0.2, 0.25) is 0 Å². The van der Waals surface area contributed by atoms with Crippen LogP contribution in [0.5, 0.6) is 5.75 Å². The van der Waals surface area contributed by atoms with Crippen molar-refractivity contribution in [3.8, 4) is 5.75 Å². The molecule has 2 aliphatic heterocycles. The smallest absolute Gasteiger partial charge is 0.257 e. The van der Waals surface area contributed by atoms with Crippen LogP contribution in [-0.4, -0.2) is 22.3 Å². The zero-order valence-electron chi connectivity index (χ0n) is 16.1. The van der Waals surface area contributed by atoms with Gasteiger partial charge in [-0.25, -0.2) is 4.98 Å². The number of amides is 1. The average molecular weight is 406 g/mol. The highest BCUT2D eigenvalue weighted by atomic mass is 32.1. The van der Waals surface area contributed by atoms with Gasteiger partial charge in [0.15, 0.2) is 5.13 Å². The molecule has 1 fully saturated rings. The molecule has 0 spiro atoms. The van der Waals surface area contributed by atoms with E-state index in [9.17, 15) is 4.79 Å². The molecule has 0 aliphatic carbocycles. The Morgan fingerprint density at radius 1 is 1.14 bits per heavy atom. The number of aromatic nitrogens is 1. The van der Waals surface area contributed by atoms with Gasteiger partial charge >= 0.3 is 0 Å².